The zero-order valence-electron chi connectivity index (χ0n) is 12.1. The van der Waals surface area contributed by atoms with Gasteiger partial charge in [0.15, 0.2) is 0 Å². The maximum Gasteiger partial charge on any atom is 0.326 e. The summed E-state index contributed by atoms with van der Waals surface area (Å²) in [6, 6.07) is 16.0. The van der Waals surface area contributed by atoms with Crippen LogP contribution in [-0.4, -0.2) is 11.8 Å². The molecule has 0 saturated carbocycles. The van der Waals surface area contributed by atoms with Crippen molar-refractivity contribution in [3.05, 3.63) is 71.9 Å². The van der Waals surface area contributed by atoms with Crippen LogP contribution in [0.25, 0.3) is 0 Å². The molecule has 0 bridgehead atoms. The van der Waals surface area contributed by atoms with Crippen LogP contribution in [0.3, 0.4) is 0 Å². The van der Waals surface area contributed by atoms with Crippen LogP contribution >= 0.6 is 11.6 Å². The number of esters is 1. The van der Waals surface area contributed by atoms with E-state index in [-0.39, 0.29) is 5.84 Å². The summed E-state index contributed by atoms with van der Waals surface area (Å²) in [5, 5.41) is 6.41. The summed E-state index contributed by atoms with van der Waals surface area (Å²) in [5.74, 6) is -0.621. The van der Waals surface area contributed by atoms with Crippen LogP contribution in [0.2, 0.25) is 5.02 Å². The van der Waals surface area contributed by atoms with Crippen molar-refractivity contribution in [2.24, 2.45) is 16.8 Å². The number of nitrogens with two attached hydrogens (primary N) is 1. The highest BCUT2D eigenvalue weighted by Gasteiger charge is 2.26. The van der Waals surface area contributed by atoms with Crippen molar-refractivity contribution in [3.63, 3.8) is 0 Å². The lowest BCUT2D eigenvalue weighted by Gasteiger charge is -2.22. The molecule has 0 radical (unpaired) electrons. The third-order valence-corrected chi connectivity index (χ3v) is 3.52. The number of benzene rings is 2. The number of nitrogens with zero attached hydrogens (tertiary/aromatic N) is 2. The molecule has 0 aromatic heterocycles. The zero-order chi connectivity index (χ0) is 16.2. The lowest BCUT2D eigenvalue weighted by atomic mass is 10.1. The Balaban J connectivity index is 1.71. The van der Waals surface area contributed by atoms with Gasteiger partial charge in [-0.1, -0.05) is 29.8 Å². The smallest absolute Gasteiger partial charge is 0.326 e. The number of anilines is 1. The van der Waals surface area contributed by atoms with Gasteiger partial charge in [-0.05, 0) is 42.5 Å². The van der Waals surface area contributed by atoms with Gasteiger partial charge in [0.1, 0.15) is 17.5 Å². The summed E-state index contributed by atoms with van der Waals surface area (Å²) >= 11 is 5.80. The van der Waals surface area contributed by atoms with Gasteiger partial charge in [0.2, 0.25) is 0 Å². The van der Waals surface area contributed by atoms with Gasteiger partial charge in [-0.25, -0.2) is 5.01 Å². The Morgan fingerprint density at radius 1 is 1.13 bits per heavy atom. The molecule has 2 aromatic rings. The van der Waals surface area contributed by atoms with E-state index in [1.165, 1.54) is 0 Å². The van der Waals surface area contributed by atoms with Crippen LogP contribution in [0, 0.1) is 5.92 Å². The number of carbonyl (C=O) groups is 1. The van der Waals surface area contributed by atoms with Crippen molar-refractivity contribution < 1.29 is 9.53 Å². The van der Waals surface area contributed by atoms with Crippen LogP contribution in [0.1, 0.15) is 0 Å². The van der Waals surface area contributed by atoms with Crippen molar-refractivity contribution in [1.82, 2.24) is 0 Å². The third-order valence-electron chi connectivity index (χ3n) is 3.27. The Labute approximate surface area is 138 Å². The molecule has 0 amide bonds. The van der Waals surface area contributed by atoms with E-state index >= 15 is 0 Å². The summed E-state index contributed by atoms with van der Waals surface area (Å²) in [5.41, 5.74) is 6.78. The van der Waals surface area contributed by atoms with Crippen molar-refractivity contribution in [3.8, 4) is 5.75 Å². The number of hydrogen-bond acceptors (Lipinski definition) is 5. The van der Waals surface area contributed by atoms with E-state index in [2.05, 4.69) is 5.10 Å². The van der Waals surface area contributed by atoms with Gasteiger partial charge < -0.3 is 10.5 Å². The number of hydrazone groups is 1. The second-order valence-corrected chi connectivity index (χ2v) is 5.34. The Morgan fingerprint density at radius 3 is 2.48 bits per heavy atom. The van der Waals surface area contributed by atoms with Crippen LogP contribution in [0.5, 0.6) is 5.75 Å². The van der Waals surface area contributed by atoms with E-state index in [1.54, 1.807) is 41.6 Å². The predicted molar refractivity (Wildman–Crippen MR) is 90.3 cm³/mol. The van der Waals surface area contributed by atoms with E-state index in [1.807, 2.05) is 30.3 Å². The van der Waals surface area contributed by atoms with Crippen molar-refractivity contribution in [2.45, 2.75) is 0 Å². The van der Waals surface area contributed by atoms with Gasteiger partial charge in [-0.2, -0.15) is 5.10 Å². The Hall–Kier alpha value is -2.79. The maximum atomic E-state index is 12.2. The molecule has 2 aromatic carbocycles. The van der Waals surface area contributed by atoms with Crippen LogP contribution < -0.4 is 15.5 Å². The first-order valence-corrected chi connectivity index (χ1v) is 7.35. The predicted octanol–water partition coefficient (Wildman–Crippen LogP) is 3.17. The van der Waals surface area contributed by atoms with Crippen LogP contribution in [0.15, 0.2) is 72.0 Å². The molecular weight excluding hydrogens is 314 g/mol. The van der Waals surface area contributed by atoms with Crippen molar-refractivity contribution in [1.29, 1.82) is 0 Å². The van der Waals surface area contributed by atoms with E-state index in [0.29, 0.717) is 10.8 Å². The molecule has 6 heteroatoms. The maximum absolute atomic E-state index is 12.2. The van der Waals surface area contributed by atoms with Gasteiger partial charge in [-0.3, -0.25) is 4.79 Å². The fraction of sp³-hybridized carbons (Fsp3) is 0.0588. The number of amidine groups is 1. The van der Waals surface area contributed by atoms with Crippen LogP contribution in [-0.2, 0) is 4.79 Å². The molecule has 0 fully saturated rings. The molecule has 1 unspecified atom stereocenters. The zero-order valence-corrected chi connectivity index (χ0v) is 12.9. The molecule has 1 aliphatic heterocycles. The lowest BCUT2D eigenvalue weighted by molar-refractivity contribution is -0.135. The fourth-order valence-electron chi connectivity index (χ4n) is 2.09. The second kappa shape index (κ2) is 6.54. The average Bonchev–Trinajstić information content (AvgIpc) is 2.57. The first-order chi connectivity index (χ1) is 11.1. The second-order valence-electron chi connectivity index (χ2n) is 4.90. The molecular formula is C17H14ClN3O2. The van der Waals surface area contributed by atoms with Gasteiger partial charge in [0.05, 0.1) is 5.69 Å². The highest BCUT2D eigenvalue weighted by molar-refractivity contribution is 6.30. The molecule has 1 heterocycles. The minimum atomic E-state index is -0.717. The normalized spacial score (nSPS) is 16.8. The fourth-order valence-corrected chi connectivity index (χ4v) is 2.22. The lowest BCUT2D eigenvalue weighted by Crippen LogP contribution is -2.36. The van der Waals surface area contributed by atoms with E-state index in [0.717, 1.165) is 5.69 Å². The van der Waals surface area contributed by atoms with Gasteiger partial charge in [0.25, 0.3) is 0 Å². The van der Waals surface area contributed by atoms with Gasteiger partial charge in [-0.15, -0.1) is 0 Å². The van der Waals surface area contributed by atoms with Gasteiger partial charge in [0, 0.05) is 11.2 Å². The highest BCUT2D eigenvalue weighted by atomic mass is 35.5. The number of ether oxygens (including phenoxy) is 1. The molecule has 0 aliphatic carbocycles. The van der Waals surface area contributed by atoms with E-state index < -0.39 is 11.9 Å². The van der Waals surface area contributed by atoms with Crippen molar-refractivity contribution >= 4 is 29.1 Å². The quantitative estimate of drug-likeness (QED) is 0.694. The first-order valence-electron chi connectivity index (χ1n) is 6.97. The Morgan fingerprint density at radius 2 is 1.83 bits per heavy atom. The first kappa shape index (κ1) is 15.1. The number of hydrogen-bond donors (Lipinski definition) is 1. The minimum Gasteiger partial charge on any atom is -0.426 e. The number of rotatable bonds is 3. The van der Waals surface area contributed by atoms with Crippen LogP contribution in [0.4, 0.5) is 5.69 Å². The SMILES string of the molecule is NC1=NN(c2ccccc2)C=CC1C(=O)Oc1ccc(Cl)cc1. The molecule has 1 atom stereocenters. The average molecular weight is 328 g/mol. The molecule has 0 spiro atoms. The van der Waals surface area contributed by atoms with E-state index in [4.69, 9.17) is 22.1 Å². The number of para-hydroxylation sites is 1. The highest BCUT2D eigenvalue weighted by Crippen LogP contribution is 2.21. The summed E-state index contributed by atoms with van der Waals surface area (Å²) in [6.45, 7) is 0. The molecule has 1 aliphatic rings. The summed E-state index contributed by atoms with van der Waals surface area (Å²) < 4.78 is 5.29. The monoisotopic (exact) mass is 327 g/mol. The molecule has 116 valence electrons. The molecule has 23 heavy (non-hydrogen) atoms. The Bertz CT molecular complexity index is 757. The Kier molecular flexibility index (Phi) is 4.30. The van der Waals surface area contributed by atoms with Gasteiger partial charge >= 0.3 is 5.97 Å². The molecule has 2 N–H and O–H groups in total. The summed E-state index contributed by atoms with van der Waals surface area (Å²) in [7, 11) is 0. The topological polar surface area (TPSA) is 67.9 Å². The molecule has 3 rings (SSSR count). The molecule has 5 nitrogen and oxygen atoms in total. The standard InChI is InChI=1S/C17H14ClN3O2/c18-12-6-8-14(9-7-12)23-17(22)15-10-11-21(20-16(15)19)13-4-2-1-3-5-13/h1-11,15H,(H2,19,20). The van der Waals surface area contributed by atoms with Crippen molar-refractivity contribution in [2.75, 3.05) is 5.01 Å². The molecule has 0 saturated heterocycles. The van der Waals surface area contributed by atoms with E-state index in [9.17, 15) is 4.79 Å². The summed E-state index contributed by atoms with van der Waals surface area (Å²) in [6.07, 6.45) is 3.35. The number of halogens is 1. The summed E-state index contributed by atoms with van der Waals surface area (Å²) in [4.78, 5) is 12.2. The third kappa shape index (κ3) is 3.52. The minimum absolute atomic E-state index is 0.176. The number of carbonyl (C=O) groups excluding carboxylic acids is 1. The largest absolute Gasteiger partial charge is 0.426 e.